The maximum Gasteiger partial charge on any atom is 0.123 e. The van der Waals surface area contributed by atoms with E-state index in [1.54, 1.807) is 12.1 Å². The van der Waals surface area contributed by atoms with Gasteiger partial charge in [-0.25, -0.2) is 4.39 Å². The highest BCUT2D eigenvalue weighted by Gasteiger charge is 2.10. The van der Waals surface area contributed by atoms with E-state index in [1.807, 2.05) is 6.07 Å². The fourth-order valence-corrected chi connectivity index (χ4v) is 2.52. The Bertz CT molecular complexity index is 361. The van der Waals surface area contributed by atoms with E-state index in [-0.39, 0.29) is 11.9 Å². The van der Waals surface area contributed by atoms with Crippen LogP contribution in [0.2, 0.25) is 0 Å². The maximum atomic E-state index is 13.1. The highest BCUT2D eigenvalue weighted by Crippen LogP contribution is 2.13. The van der Waals surface area contributed by atoms with E-state index >= 15 is 0 Å². The summed E-state index contributed by atoms with van der Waals surface area (Å²) in [6.45, 7) is 6.79. The Kier molecular flexibility index (Phi) is 5.14. The van der Waals surface area contributed by atoms with Gasteiger partial charge in [0.15, 0.2) is 0 Å². The van der Waals surface area contributed by atoms with Gasteiger partial charge in [-0.3, -0.25) is 0 Å². The van der Waals surface area contributed by atoms with Gasteiger partial charge in [-0.2, -0.15) is 0 Å². The second-order valence-electron chi connectivity index (χ2n) is 5.13. The van der Waals surface area contributed by atoms with Gasteiger partial charge in [-0.1, -0.05) is 12.1 Å². The molecule has 1 aromatic rings. The molecule has 1 saturated heterocycles. The molecular formula is C15H23FN2. The van der Waals surface area contributed by atoms with Crippen LogP contribution in [-0.4, -0.2) is 31.1 Å². The van der Waals surface area contributed by atoms with Gasteiger partial charge in [0.1, 0.15) is 5.82 Å². The number of hydrogen-bond donors (Lipinski definition) is 1. The summed E-state index contributed by atoms with van der Waals surface area (Å²) in [6, 6.07) is 7.06. The maximum absolute atomic E-state index is 13.1. The molecule has 0 aromatic heterocycles. The lowest BCUT2D eigenvalue weighted by Gasteiger charge is -2.17. The number of nitrogens with one attached hydrogen (secondary N) is 1. The predicted molar refractivity (Wildman–Crippen MR) is 73.1 cm³/mol. The van der Waals surface area contributed by atoms with E-state index < -0.39 is 0 Å². The van der Waals surface area contributed by atoms with Crippen molar-refractivity contribution in [3.8, 4) is 0 Å². The van der Waals surface area contributed by atoms with Gasteiger partial charge in [0, 0.05) is 6.04 Å². The second kappa shape index (κ2) is 6.86. The minimum Gasteiger partial charge on any atom is -0.310 e. The lowest BCUT2D eigenvalue weighted by atomic mass is 10.1. The van der Waals surface area contributed by atoms with Crippen molar-refractivity contribution >= 4 is 0 Å². The number of nitrogens with zero attached hydrogens (tertiary/aromatic N) is 1. The Balaban J connectivity index is 1.66. The summed E-state index contributed by atoms with van der Waals surface area (Å²) in [6.07, 6.45) is 3.87. The molecule has 1 atom stereocenters. The summed E-state index contributed by atoms with van der Waals surface area (Å²) in [5.41, 5.74) is 1.02. The van der Waals surface area contributed by atoms with Gasteiger partial charge in [0.05, 0.1) is 0 Å². The van der Waals surface area contributed by atoms with E-state index in [1.165, 1.54) is 45.0 Å². The van der Waals surface area contributed by atoms with Gasteiger partial charge >= 0.3 is 0 Å². The molecule has 2 rings (SSSR count). The highest BCUT2D eigenvalue weighted by atomic mass is 19.1. The number of likely N-dealkylation sites (tertiary alicyclic amines) is 1. The van der Waals surface area contributed by atoms with Crippen LogP contribution in [0.3, 0.4) is 0 Å². The van der Waals surface area contributed by atoms with Crippen LogP contribution in [0.1, 0.15) is 37.8 Å². The van der Waals surface area contributed by atoms with Crippen LogP contribution in [0.5, 0.6) is 0 Å². The SMILES string of the molecule is C[C@@H](NCCCN1CCCC1)c1cccc(F)c1. The molecule has 0 radical (unpaired) electrons. The van der Waals surface area contributed by atoms with Crippen molar-refractivity contribution in [3.63, 3.8) is 0 Å². The first-order valence-corrected chi connectivity index (χ1v) is 6.97. The largest absolute Gasteiger partial charge is 0.310 e. The van der Waals surface area contributed by atoms with Gasteiger partial charge in [-0.05, 0) is 70.1 Å². The first-order valence-electron chi connectivity index (χ1n) is 6.97. The standard InChI is InChI=1S/C15H23FN2/c1-13(14-6-4-7-15(16)12-14)17-8-5-11-18-9-2-3-10-18/h4,6-7,12-13,17H,2-3,5,8-11H2,1H3/t13-/m1/s1. The van der Waals surface area contributed by atoms with E-state index in [2.05, 4.69) is 17.1 Å². The third kappa shape index (κ3) is 4.07. The van der Waals surface area contributed by atoms with E-state index in [0.29, 0.717) is 0 Å². The van der Waals surface area contributed by atoms with E-state index in [9.17, 15) is 4.39 Å². The summed E-state index contributed by atoms with van der Waals surface area (Å²) >= 11 is 0. The minimum absolute atomic E-state index is 0.154. The smallest absolute Gasteiger partial charge is 0.123 e. The molecule has 0 bridgehead atoms. The molecule has 2 nitrogen and oxygen atoms in total. The molecule has 1 N–H and O–H groups in total. The predicted octanol–water partition coefficient (Wildman–Crippen LogP) is 2.96. The van der Waals surface area contributed by atoms with E-state index in [0.717, 1.165) is 12.1 Å². The molecule has 3 heteroatoms. The normalized spacial score (nSPS) is 18.1. The Morgan fingerprint density at radius 3 is 2.83 bits per heavy atom. The number of benzene rings is 1. The van der Waals surface area contributed by atoms with Crippen molar-refractivity contribution in [2.75, 3.05) is 26.2 Å². The Labute approximate surface area is 109 Å². The van der Waals surface area contributed by atoms with Crippen LogP contribution in [0.15, 0.2) is 24.3 Å². The van der Waals surface area contributed by atoms with Crippen molar-refractivity contribution < 1.29 is 4.39 Å². The zero-order valence-corrected chi connectivity index (χ0v) is 11.2. The molecule has 1 aliphatic heterocycles. The molecule has 1 fully saturated rings. The third-order valence-corrected chi connectivity index (χ3v) is 3.65. The van der Waals surface area contributed by atoms with Gasteiger partial charge in [0.25, 0.3) is 0 Å². The fraction of sp³-hybridized carbons (Fsp3) is 0.600. The average molecular weight is 250 g/mol. The topological polar surface area (TPSA) is 15.3 Å². The minimum atomic E-state index is -0.154. The number of halogens is 1. The molecule has 0 aliphatic carbocycles. The molecule has 1 aliphatic rings. The Morgan fingerprint density at radius 1 is 1.33 bits per heavy atom. The first kappa shape index (κ1) is 13.5. The highest BCUT2D eigenvalue weighted by molar-refractivity contribution is 5.19. The van der Waals surface area contributed by atoms with Gasteiger partial charge in [0.2, 0.25) is 0 Å². The Morgan fingerprint density at radius 2 is 2.11 bits per heavy atom. The molecule has 0 spiro atoms. The summed E-state index contributed by atoms with van der Waals surface area (Å²) in [7, 11) is 0. The van der Waals surface area contributed by atoms with Crippen LogP contribution < -0.4 is 5.32 Å². The van der Waals surface area contributed by atoms with Gasteiger partial charge < -0.3 is 10.2 Å². The van der Waals surface area contributed by atoms with Crippen molar-refractivity contribution in [3.05, 3.63) is 35.6 Å². The fourth-order valence-electron chi connectivity index (χ4n) is 2.52. The molecular weight excluding hydrogens is 227 g/mol. The zero-order chi connectivity index (χ0) is 12.8. The molecule has 1 heterocycles. The first-order chi connectivity index (χ1) is 8.75. The monoisotopic (exact) mass is 250 g/mol. The molecule has 0 amide bonds. The Hall–Kier alpha value is -0.930. The van der Waals surface area contributed by atoms with Gasteiger partial charge in [-0.15, -0.1) is 0 Å². The van der Waals surface area contributed by atoms with Crippen molar-refractivity contribution in [2.45, 2.75) is 32.2 Å². The van der Waals surface area contributed by atoms with Crippen LogP contribution in [0.4, 0.5) is 4.39 Å². The van der Waals surface area contributed by atoms with E-state index in [4.69, 9.17) is 0 Å². The molecule has 0 unspecified atom stereocenters. The van der Waals surface area contributed by atoms with Crippen LogP contribution in [-0.2, 0) is 0 Å². The zero-order valence-electron chi connectivity index (χ0n) is 11.2. The molecule has 1 aromatic carbocycles. The van der Waals surface area contributed by atoms with Crippen LogP contribution in [0, 0.1) is 5.82 Å². The summed E-state index contributed by atoms with van der Waals surface area (Å²) in [5, 5.41) is 3.46. The summed E-state index contributed by atoms with van der Waals surface area (Å²) in [4.78, 5) is 2.52. The average Bonchev–Trinajstić information content (AvgIpc) is 2.87. The van der Waals surface area contributed by atoms with Crippen LogP contribution in [0.25, 0.3) is 0 Å². The lowest BCUT2D eigenvalue weighted by molar-refractivity contribution is 0.328. The second-order valence-corrected chi connectivity index (χ2v) is 5.13. The van der Waals surface area contributed by atoms with Crippen LogP contribution >= 0.6 is 0 Å². The third-order valence-electron chi connectivity index (χ3n) is 3.65. The lowest BCUT2D eigenvalue weighted by Crippen LogP contribution is -2.26. The molecule has 18 heavy (non-hydrogen) atoms. The van der Waals surface area contributed by atoms with Crippen molar-refractivity contribution in [1.29, 1.82) is 0 Å². The van der Waals surface area contributed by atoms with Crippen molar-refractivity contribution in [2.24, 2.45) is 0 Å². The molecule has 0 saturated carbocycles. The number of rotatable bonds is 6. The quantitative estimate of drug-likeness (QED) is 0.781. The summed E-state index contributed by atoms with van der Waals surface area (Å²) in [5.74, 6) is -0.154. The molecule has 100 valence electrons. The summed E-state index contributed by atoms with van der Waals surface area (Å²) < 4.78 is 13.1. The number of hydrogen-bond acceptors (Lipinski definition) is 2. The van der Waals surface area contributed by atoms with Crippen molar-refractivity contribution in [1.82, 2.24) is 10.2 Å².